The highest BCUT2D eigenvalue weighted by atomic mass is 16.7. The van der Waals surface area contributed by atoms with Gasteiger partial charge in [0, 0.05) is 27.1 Å². The Labute approximate surface area is 126 Å². The first-order valence-electron chi connectivity index (χ1n) is 7.66. The first-order valence-corrected chi connectivity index (χ1v) is 7.66. The molecule has 0 spiro atoms. The van der Waals surface area contributed by atoms with Crippen molar-refractivity contribution in [2.45, 2.75) is 82.6 Å². The molecule has 2 rings (SSSR count). The molecule has 6 heteroatoms. The van der Waals surface area contributed by atoms with Gasteiger partial charge in [0.05, 0.1) is 30.5 Å². The van der Waals surface area contributed by atoms with E-state index in [1.807, 2.05) is 20.8 Å². The minimum absolute atomic E-state index is 0.0181. The van der Waals surface area contributed by atoms with E-state index in [-0.39, 0.29) is 36.6 Å². The van der Waals surface area contributed by atoms with E-state index in [0.29, 0.717) is 6.42 Å². The van der Waals surface area contributed by atoms with Crippen molar-refractivity contribution < 1.29 is 28.8 Å². The van der Waals surface area contributed by atoms with Gasteiger partial charge in [-0.3, -0.25) is 0 Å². The summed E-state index contributed by atoms with van der Waals surface area (Å²) in [6.07, 6.45) is -0.474. The molecule has 0 amide bonds. The molecule has 2 saturated heterocycles. The summed E-state index contributed by atoms with van der Waals surface area (Å²) in [6.45, 7) is 5.85. The van der Waals surface area contributed by atoms with Crippen LogP contribution in [0.15, 0.2) is 0 Å². The van der Waals surface area contributed by atoms with Crippen molar-refractivity contribution in [3.05, 3.63) is 0 Å². The number of rotatable bonds is 4. The largest absolute Gasteiger partial charge is 0.388 e. The maximum atomic E-state index is 9.99. The van der Waals surface area contributed by atoms with Crippen LogP contribution in [-0.4, -0.2) is 68.3 Å². The predicted octanol–water partition coefficient (Wildman–Crippen LogP) is 1.09. The Morgan fingerprint density at radius 3 is 2.19 bits per heavy atom. The minimum atomic E-state index is -0.631. The lowest BCUT2D eigenvalue weighted by Gasteiger charge is -2.43. The highest BCUT2D eigenvalue weighted by Crippen LogP contribution is 2.29. The zero-order valence-electron chi connectivity index (χ0n) is 13.5. The lowest BCUT2D eigenvalue weighted by molar-refractivity contribution is -0.295. The van der Waals surface area contributed by atoms with Crippen LogP contribution >= 0.6 is 0 Å². The fourth-order valence-corrected chi connectivity index (χ4v) is 3.20. The SMILES string of the molecule is CO[C@@H]1CC(OC2C(C)OC(C)C[C@H]2OC)OC(C)C1O. The second-order valence-corrected chi connectivity index (χ2v) is 6.03. The molecule has 8 atom stereocenters. The first-order chi connectivity index (χ1) is 9.96. The fourth-order valence-electron chi connectivity index (χ4n) is 3.20. The van der Waals surface area contributed by atoms with Gasteiger partial charge in [0.25, 0.3) is 0 Å². The molecule has 0 saturated carbocycles. The van der Waals surface area contributed by atoms with E-state index in [9.17, 15) is 5.11 Å². The first kappa shape index (κ1) is 17.1. The Balaban J connectivity index is 1.99. The molecule has 2 aliphatic rings. The lowest BCUT2D eigenvalue weighted by Crippen LogP contribution is -2.54. The molecule has 0 bridgehead atoms. The topological polar surface area (TPSA) is 66.4 Å². The Bertz CT molecular complexity index is 325. The molecule has 2 heterocycles. The van der Waals surface area contributed by atoms with Gasteiger partial charge in [0.2, 0.25) is 0 Å². The van der Waals surface area contributed by atoms with Gasteiger partial charge in [0.15, 0.2) is 6.29 Å². The van der Waals surface area contributed by atoms with E-state index in [4.69, 9.17) is 23.7 Å². The summed E-state index contributed by atoms with van der Waals surface area (Å²) in [5.41, 5.74) is 0. The van der Waals surface area contributed by atoms with Crippen LogP contribution in [0.4, 0.5) is 0 Å². The summed E-state index contributed by atoms with van der Waals surface area (Å²) in [5.74, 6) is 0. The maximum Gasteiger partial charge on any atom is 0.161 e. The van der Waals surface area contributed by atoms with E-state index in [2.05, 4.69) is 0 Å². The van der Waals surface area contributed by atoms with E-state index in [1.54, 1.807) is 14.2 Å². The third-order valence-electron chi connectivity index (χ3n) is 4.41. The number of aliphatic hydroxyl groups excluding tert-OH is 1. The Kier molecular flexibility index (Phi) is 5.99. The van der Waals surface area contributed by atoms with Gasteiger partial charge in [-0.05, 0) is 20.8 Å². The Hall–Kier alpha value is -0.240. The van der Waals surface area contributed by atoms with Gasteiger partial charge in [0.1, 0.15) is 12.2 Å². The third-order valence-corrected chi connectivity index (χ3v) is 4.41. The molecule has 6 nitrogen and oxygen atoms in total. The number of hydrogen-bond donors (Lipinski definition) is 1. The average molecular weight is 304 g/mol. The van der Waals surface area contributed by atoms with Gasteiger partial charge in [-0.15, -0.1) is 0 Å². The molecule has 0 aromatic carbocycles. The summed E-state index contributed by atoms with van der Waals surface area (Å²) in [4.78, 5) is 0. The van der Waals surface area contributed by atoms with Crippen molar-refractivity contribution in [3.63, 3.8) is 0 Å². The van der Waals surface area contributed by atoms with E-state index in [1.165, 1.54) is 0 Å². The Morgan fingerprint density at radius 1 is 0.905 bits per heavy atom. The fraction of sp³-hybridized carbons (Fsp3) is 1.00. The molecule has 2 fully saturated rings. The number of methoxy groups -OCH3 is 2. The van der Waals surface area contributed by atoms with Crippen LogP contribution in [0.2, 0.25) is 0 Å². The summed E-state index contributed by atoms with van der Waals surface area (Å²) in [7, 11) is 3.28. The molecule has 124 valence electrons. The van der Waals surface area contributed by atoms with Gasteiger partial charge < -0.3 is 28.8 Å². The molecule has 1 N–H and O–H groups in total. The van der Waals surface area contributed by atoms with Crippen molar-refractivity contribution in [3.8, 4) is 0 Å². The Morgan fingerprint density at radius 2 is 1.57 bits per heavy atom. The molecule has 6 unspecified atom stereocenters. The lowest BCUT2D eigenvalue weighted by atomic mass is 9.98. The highest BCUT2D eigenvalue weighted by Gasteiger charge is 2.41. The summed E-state index contributed by atoms with van der Waals surface area (Å²) < 4.78 is 28.5. The van der Waals surface area contributed by atoms with Crippen LogP contribution in [0.25, 0.3) is 0 Å². The van der Waals surface area contributed by atoms with Crippen molar-refractivity contribution >= 4 is 0 Å². The number of hydrogen-bond acceptors (Lipinski definition) is 6. The van der Waals surface area contributed by atoms with E-state index < -0.39 is 12.4 Å². The van der Waals surface area contributed by atoms with Gasteiger partial charge >= 0.3 is 0 Å². The van der Waals surface area contributed by atoms with Gasteiger partial charge in [-0.25, -0.2) is 0 Å². The van der Waals surface area contributed by atoms with Crippen molar-refractivity contribution in [2.75, 3.05) is 14.2 Å². The number of ether oxygens (including phenoxy) is 5. The quantitative estimate of drug-likeness (QED) is 0.839. The van der Waals surface area contributed by atoms with Crippen LogP contribution in [0.5, 0.6) is 0 Å². The summed E-state index contributed by atoms with van der Waals surface area (Å²) >= 11 is 0. The predicted molar refractivity (Wildman–Crippen MR) is 76.1 cm³/mol. The van der Waals surface area contributed by atoms with Gasteiger partial charge in [-0.2, -0.15) is 0 Å². The van der Waals surface area contributed by atoms with Gasteiger partial charge in [-0.1, -0.05) is 0 Å². The zero-order chi connectivity index (χ0) is 15.6. The normalized spacial score (nSPS) is 48.3. The van der Waals surface area contributed by atoms with Crippen LogP contribution in [0, 0.1) is 0 Å². The number of aliphatic hydroxyl groups is 1. The van der Waals surface area contributed by atoms with Crippen LogP contribution in [0.3, 0.4) is 0 Å². The van der Waals surface area contributed by atoms with Crippen molar-refractivity contribution in [2.24, 2.45) is 0 Å². The zero-order valence-corrected chi connectivity index (χ0v) is 13.5. The molecule has 2 aliphatic heterocycles. The summed E-state index contributed by atoms with van der Waals surface area (Å²) in [6, 6.07) is 0. The minimum Gasteiger partial charge on any atom is -0.388 e. The standard InChI is InChI=1S/C15H28O6/c1-8-6-12(18-5)15(10(3)19-8)21-13-7-11(17-4)14(16)9(2)20-13/h8-16H,6-7H2,1-5H3/t8?,9?,10?,11-,12-,13?,14?,15?/m1/s1. The molecule has 0 aromatic heterocycles. The smallest absolute Gasteiger partial charge is 0.161 e. The third kappa shape index (κ3) is 3.94. The molecule has 0 radical (unpaired) electrons. The molecular formula is C15H28O6. The molecular weight excluding hydrogens is 276 g/mol. The molecule has 0 aromatic rings. The monoisotopic (exact) mass is 304 g/mol. The van der Waals surface area contributed by atoms with Crippen LogP contribution < -0.4 is 0 Å². The molecule has 21 heavy (non-hydrogen) atoms. The highest BCUT2D eigenvalue weighted by molar-refractivity contribution is 4.87. The summed E-state index contributed by atoms with van der Waals surface area (Å²) in [5, 5.41) is 9.99. The second-order valence-electron chi connectivity index (χ2n) is 6.03. The van der Waals surface area contributed by atoms with Crippen molar-refractivity contribution in [1.82, 2.24) is 0 Å². The second kappa shape index (κ2) is 7.35. The van der Waals surface area contributed by atoms with Crippen LogP contribution in [0.1, 0.15) is 33.6 Å². The van der Waals surface area contributed by atoms with Crippen LogP contribution in [-0.2, 0) is 23.7 Å². The average Bonchev–Trinajstić information content (AvgIpc) is 2.45. The van der Waals surface area contributed by atoms with E-state index in [0.717, 1.165) is 6.42 Å². The van der Waals surface area contributed by atoms with E-state index >= 15 is 0 Å². The maximum absolute atomic E-state index is 9.99. The molecule has 0 aliphatic carbocycles. The van der Waals surface area contributed by atoms with Crippen molar-refractivity contribution in [1.29, 1.82) is 0 Å².